The third-order valence-electron chi connectivity index (χ3n) is 0.908. The maximum Gasteiger partial charge on any atom is 0.311 e. The molecule has 3 N–H and O–H groups in total. The van der Waals surface area contributed by atoms with Crippen LogP contribution >= 0.6 is 8.73 Å². The number of carboxylic acids is 1. The Morgan fingerprint density at radius 1 is 2.00 bits per heavy atom. The van der Waals surface area contributed by atoms with Crippen LogP contribution in [0.4, 0.5) is 0 Å². The summed E-state index contributed by atoms with van der Waals surface area (Å²) in [5.41, 5.74) is 4.81. The SMILES string of the molecule is CCC(PN)C(=O)O. The molecule has 0 fully saturated rings. The summed E-state index contributed by atoms with van der Waals surface area (Å²) in [6.07, 6.45) is 0.629. The van der Waals surface area contributed by atoms with Crippen molar-refractivity contribution in [3.8, 4) is 0 Å². The molecule has 0 spiro atoms. The molecule has 0 radical (unpaired) electrons. The highest BCUT2D eigenvalue weighted by molar-refractivity contribution is 7.37. The number of carboxylic acid groups (broad SMARTS) is 1. The van der Waals surface area contributed by atoms with Gasteiger partial charge in [-0.05, 0) is 15.2 Å². The Morgan fingerprint density at radius 3 is 2.50 bits per heavy atom. The number of carbonyl (C=O) groups is 1. The molecule has 2 atom stereocenters. The van der Waals surface area contributed by atoms with Crippen LogP contribution in [0.2, 0.25) is 0 Å². The highest BCUT2D eigenvalue weighted by Gasteiger charge is 2.10. The molecule has 8 heavy (non-hydrogen) atoms. The smallest absolute Gasteiger partial charge is 0.311 e. The normalized spacial score (nSPS) is 14.8. The second kappa shape index (κ2) is 3.81. The van der Waals surface area contributed by atoms with Crippen molar-refractivity contribution in [3.05, 3.63) is 0 Å². The molecule has 0 saturated carbocycles. The lowest BCUT2D eigenvalue weighted by molar-refractivity contribution is -0.136. The summed E-state index contributed by atoms with van der Waals surface area (Å²) in [5, 5.41) is 8.30. The van der Waals surface area contributed by atoms with E-state index in [1.165, 1.54) is 0 Å². The molecule has 4 heteroatoms. The van der Waals surface area contributed by atoms with Gasteiger partial charge in [0.05, 0.1) is 5.66 Å². The largest absolute Gasteiger partial charge is 0.481 e. The Morgan fingerprint density at radius 2 is 2.50 bits per heavy atom. The van der Waals surface area contributed by atoms with Gasteiger partial charge in [0.1, 0.15) is 0 Å². The van der Waals surface area contributed by atoms with Crippen LogP contribution in [0, 0.1) is 0 Å². The lowest BCUT2D eigenvalue weighted by Gasteiger charge is -2.02. The molecule has 0 amide bonds. The zero-order chi connectivity index (χ0) is 6.57. The predicted molar refractivity (Wildman–Crippen MR) is 34.2 cm³/mol. The van der Waals surface area contributed by atoms with Crippen molar-refractivity contribution in [1.82, 2.24) is 0 Å². The monoisotopic (exact) mass is 135 g/mol. The first-order valence-corrected chi connectivity index (χ1v) is 3.56. The maximum atomic E-state index is 10.1. The van der Waals surface area contributed by atoms with Gasteiger partial charge < -0.3 is 10.6 Å². The third kappa shape index (κ3) is 2.24. The average molecular weight is 135 g/mol. The Labute approximate surface area is 50.1 Å². The summed E-state index contributed by atoms with van der Waals surface area (Å²) < 4.78 is 0. The van der Waals surface area contributed by atoms with Crippen LogP contribution in [-0.2, 0) is 4.79 Å². The number of hydrogen-bond donors (Lipinski definition) is 2. The maximum absolute atomic E-state index is 10.1. The number of nitrogens with two attached hydrogens (primary N) is 1. The summed E-state index contributed by atoms with van der Waals surface area (Å²) in [6, 6.07) is 0. The van der Waals surface area contributed by atoms with E-state index in [0.29, 0.717) is 6.42 Å². The van der Waals surface area contributed by atoms with Gasteiger partial charge in [0.25, 0.3) is 0 Å². The van der Waals surface area contributed by atoms with Gasteiger partial charge >= 0.3 is 5.97 Å². The number of hydrogen-bond acceptors (Lipinski definition) is 2. The van der Waals surface area contributed by atoms with E-state index in [1.54, 1.807) is 0 Å². The van der Waals surface area contributed by atoms with Crippen LogP contribution in [0.25, 0.3) is 0 Å². The van der Waals surface area contributed by atoms with E-state index in [0.717, 1.165) is 0 Å². The molecule has 48 valence electrons. The van der Waals surface area contributed by atoms with Gasteiger partial charge in [0.2, 0.25) is 0 Å². The van der Waals surface area contributed by atoms with Crippen LogP contribution in [0.1, 0.15) is 13.3 Å². The molecular formula is C4H10NO2P. The van der Waals surface area contributed by atoms with Crippen molar-refractivity contribution in [3.63, 3.8) is 0 Å². The highest BCUT2D eigenvalue weighted by atomic mass is 31.1. The zero-order valence-electron chi connectivity index (χ0n) is 4.72. The molecule has 0 aromatic rings. The van der Waals surface area contributed by atoms with E-state index < -0.39 is 5.97 Å². The standard InChI is InChI=1S/C4H10NO2P/c1-2-3(8-5)4(6)7/h3,8H,2,5H2,1H3,(H,6,7). The molecule has 0 aromatic heterocycles. The first-order valence-electron chi connectivity index (χ1n) is 2.41. The highest BCUT2D eigenvalue weighted by Crippen LogP contribution is 2.12. The van der Waals surface area contributed by atoms with Gasteiger partial charge in [-0.3, -0.25) is 4.79 Å². The molecular weight excluding hydrogens is 125 g/mol. The molecule has 0 aliphatic heterocycles. The van der Waals surface area contributed by atoms with E-state index in [9.17, 15) is 4.79 Å². The molecule has 0 aliphatic rings. The first-order chi connectivity index (χ1) is 3.72. The van der Waals surface area contributed by atoms with E-state index in [4.69, 9.17) is 10.6 Å². The fourth-order valence-electron chi connectivity index (χ4n) is 0.364. The lowest BCUT2D eigenvalue weighted by Crippen LogP contribution is -2.14. The Balaban J connectivity index is 3.52. The van der Waals surface area contributed by atoms with Crippen LogP contribution in [-0.4, -0.2) is 16.7 Å². The molecule has 0 rings (SSSR count). The van der Waals surface area contributed by atoms with E-state index >= 15 is 0 Å². The van der Waals surface area contributed by atoms with Crippen LogP contribution in [0.3, 0.4) is 0 Å². The Kier molecular flexibility index (Phi) is 3.75. The van der Waals surface area contributed by atoms with Crippen molar-refractivity contribution >= 4 is 14.7 Å². The molecule has 0 aromatic carbocycles. The van der Waals surface area contributed by atoms with E-state index in [2.05, 4.69) is 0 Å². The predicted octanol–water partition coefficient (Wildman–Crippen LogP) is 0.402. The summed E-state index contributed by atoms with van der Waals surface area (Å²) in [7, 11) is 0.0297. The minimum absolute atomic E-state index is 0.0297. The summed E-state index contributed by atoms with van der Waals surface area (Å²) >= 11 is 0. The van der Waals surface area contributed by atoms with Crippen LogP contribution < -0.4 is 5.50 Å². The first kappa shape index (κ1) is 7.86. The number of aliphatic carboxylic acids is 1. The second-order valence-electron chi connectivity index (χ2n) is 1.47. The molecule has 0 heterocycles. The third-order valence-corrected chi connectivity index (χ3v) is 1.97. The molecule has 0 saturated heterocycles. The van der Waals surface area contributed by atoms with E-state index in [1.807, 2.05) is 6.92 Å². The number of rotatable bonds is 3. The minimum Gasteiger partial charge on any atom is -0.481 e. The zero-order valence-corrected chi connectivity index (χ0v) is 5.72. The van der Waals surface area contributed by atoms with Crippen LogP contribution in [0.5, 0.6) is 0 Å². The van der Waals surface area contributed by atoms with Gasteiger partial charge in [0, 0.05) is 0 Å². The Bertz CT molecular complexity index is 82.1. The van der Waals surface area contributed by atoms with Gasteiger partial charge in [0.15, 0.2) is 0 Å². The fraction of sp³-hybridized carbons (Fsp3) is 0.750. The minimum atomic E-state index is -0.784. The average Bonchev–Trinajstić information content (AvgIpc) is 1.69. The second-order valence-corrected chi connectivity index (χ2v) is 2.50. The van der Waals surface area contributed by atoms with Crippen molar-refractivity contribution in [2.45, 2.75) is 19.0 Å². The summed E-state index contributed by atoms with van der Waals surface area (Å²) in [5.74, 6) is -0.784. The quantitative estimate of drug-likeness (QED) is 0.550. The molecule has 0 bridgehead atoms. The topological polar surface area (TPSA) is 63.3 Å². The van der Waals surface area contributed by atoms with Gasteiger partial charge in [-0.25, -0.2) is 0 Å². The van der Waals surface area contributed by atoms with Gasteiger partial charge in [-0.1, -0.05) is 6.92 Å². The van der Waals surface area contributed by atoms with Gasteiger partial charge in [-0.15, -0.1) is 0 Å². The van der Waals surface area contributed by atoms with Crippen molar-refractivity contribution in [1.29, 1.82) is 0 Å². The molecule has 2 unspecified atom stereocenters. The van der Waals surface area contributed by atoms with Gasteiger partial charge in [-0.2, -0.15) is 0 Å². The fourth-order valence-corrected chi connectivity index (χ4v) is 0.742. The summed E-state index contributed by atoms with van der Waals surface area (Å²) in [4.78, 5) is 10.1. The molecule has 3 nitrogen and oxygen atoms in total. The Hall–Kier alpha value is -0.140. The van der Waals surface area contributed by atoms with E-state index in [-0.39, 0.29) is 14.4 Å². The summed E-state index contributed by atoms with van der Waals surface area (Å²) in [6.45, 7) is 1.82. The van der Waals surface area contributed by atoms with Crippen molar-refractivity contribution in [2.75, 3.05) is 0 Å². The lowest BCUT2D eigenvalue weighted by atomic mass is 10.3. The molecule has 0 aliphatic carbocycles. The van der Waals surface area contributed by atoms with Crippen molar-refractivity contribution in [2.24, 2.45) is 5.50 Å². The van der Waals surface area contributed by atoms with Crippen LogP contribution in [0.15, 0.2) is 0 Å². The van der Waals surface area contributed by atoms with Crippen molar-refractivity contribution < 1.29 is 9.90 Å².